The number of hydrogen-bond donors (Lipinski definition) is 2. The van der Waals surface area contributed by atoms with E-state index in [1.807, 2.05) is 6.26 Å². The summed E-state index contributed by atoms with van der Waals surface area (Å²) in [6, 6.07) is 0. The summed E-state index contributed by atoms with van der Waals surface area (Å²) in [5.74, 6) is 0.209. The molecule has 0 spiro atoms. The summed E-state index contributed by atoms with van der Waals surface area (Å²) in [6.45, 7) is 3.22. The van der Waals surface area contributed by atoms with Gasteiger partial charge in [0.05, 0.1) is 24.1 Å². The summed E-state index contributed by atoms with van der Waals surface area (Å²) in [7, 11) is 0. The number of aromatic nitrogens is 2. The molecule has 0 atom stereocenters. The van der Waals surface area contributed by atoms with Gasteiger partial charge in [-0.25, -0.2) is 4.98 Å². The van der Waals surface area contributed by atoms with Gasteiger partial charge in [0.15, 0.2) is 0 Å². The Kier molecular flexibility index (Phi) is 3.25. The number of fused-ring (bicyclic) bond motifs is 1. The normalized spacial score (nSPS) is 19.5. The second kappa shape index (κ2) is 5.05. The third-order valence-electron chi connectivity index (χ3n) is 3.60. The van der Waals surface area contributed by atoms with Crippen LogP contribution in [0.2, 0.25) is 0 Å². The summed E-state index contributed by atoms with van der Waals surface area (Å²) in [6.07, 6.45) is 4.80. The van der Waals surface area contributed by atoms with E-state index in [0.717, 1.165) is 50.2 Å². The van der Waals surface area contributed by atoms with Gasteiger partial charge in [0.25, 0.3) is 5.56 Å². The summed E-state index contributed by atoms with van der Waals surface area (Å²) in [4.78, 5) is 20.9. The van der Waals surface area contributed by atoms with Crippen molar-refractivity contribution in [1.29, 1.82) is 0 Å². The SMILES string of the molecule is Nc1nc2c(c(=O)[nH]1)CN(CC1=COCCC1)CC2. The van der Waals surface area contributed by atoms with Crippen molar-refractivity contribution in [2.75, 3.05) is 25.4 Å². The Bertz CT molecular complexity index is 564. The third kappa shape index (κ3) is 2.63. The molecular weight excluding hydrogens is 244 g/mol. The molecule has 2 aliphatic heterocycles. The molecule has 6 heteroatoms. The Morgan fingerprint density at radius 2 is 2.37 bits per heavy atom. The maximum absolute atomic E-state index is 11.9. The zero-order valence-electron chi connectivity index (χ0n) is 10.8. The molecule has 0 fully saturated rings. The van der Waals surface area contributed by atoms with Gasteiger partial charge in [0.2, 0.25) is 5.95 Å². The molecule has 0 unspecified atom stereocenters. The highest BCUT2D eigenvalue weighted by atomic mass is 16.5. The Balaban J connectivity index is 1.75. The topological polar surface area (TPSA) is 84.2 Å². The lowest BCUT2D eigenvalue weighted by Gasteiger charge is -2.29. The van der Waals surface area contributed by atoms with Gasteiger partial charge in [-0.1, -0.05) is 0 Å². The van der Waals surface area contributed by atoms with Crippen molar-refractivity contribution in [3.8, 4) is 0 Å². The number of nitrogens with two attached hydrogens (primary N) is 1. The zero-order valence-corrected chi connectivity index (χ0v) is 10.8. The van der Waals surface area contributed by atoms with E-state index in [2.05, 4.69) is 14.9 Å². The number of rotatable bonds is 2. The van der Waals surface area contributed by atoms with E-state index >= 15 is 0 Å². The molecule has 102 valence electrons. The molecule has 0 saturated heterocycles. The van der Waals surface area contributed by atoms with Crippen LogP contribution in [0.4, 0.5) is 5.95 Å². The van der Waals surface area contributed by atoms with E-state index in [0.29, 0.717) is 6.54 Å². The lowest BCUT2D eigenvalue weighted by atomic mass is 10.0. The van der Waals surface area contributed by atoms with Crippen LogP contribution in [0.5, 0.6) is 0 Å². The molecule has 2 aliphatic rings. The minimum Gasteiger partial charge on any atom is -0.501 e. The van der Waals surface area contributed by atoms with Crippen molar-refractivity contribution in [1.82, 2.24) is 14.9 Å². The minimum atomic E-state index is -0.110. The molecule has 0 radical (unpaired) electrons. The van der Waals surface area contributed by atoms with Gasteiger partial charge in [0, 0.05) is 26.1 Å². The predicted octanol–water partition coefficient (Wildman–Crippen LogP) is 0.404. The largest absolute Gasteiger partial charge is 0.501 e. The van der Waals surface area contributed by atoms with Crippen LogP contribution < -0.4 is 11.3 Å². The Morgan fingerprint density at radius 3 is 3.16 bits per heavy atom. The molecule has 0 saturated carbocycles. The van der Waals surface area contributed by atoms with Crippen LogP contribution in [-0.2, 0) is 17.7 Å². The van der Waals surface area contributed by atoms with E-state index < -0.39 is 0 Å². The van der Waals surface area contributed by atoms with Gasteiger partial charge < -0.3 is 10.5 Å². The minimum absolute atomic E-state index is 0.110. The number of nitrogens with one attached hydrogen (secondary N) is 1. The summed E-state index contributed by atoms with van der Waals surface area (Å²) in [5, 5.41) is 0. The molecule has 3 heterocycles. The molecule has 19 heavy (non-hydrogen) atoms. The number of nitrogens with zero attached hydrogens (tertiary/aromatic N) is 2. The van der Waals surface area contributed by atoms with Gasteiger partial charge in [-0.3, -0.25) is 14.7 Å². The van der Waals surface area contributed by atoms with Crippen LogP contribution in [-0.4, -0.2) is 34.6 Å². The average molecular weight is 262 g/mol. The summed E-state index contributed by atoms with van der Waals surface area (Å²) in [5.41, 5.74) is 8.34. The molecule has 3 rings (SSSR count). The Hall–Kier alpha value is -1.82. The summed E-state index contributed by atoms with van der Waals surface area (Å²) >= 11 is 0. The number of H-pyrrole nitrogens is 1. The smallest absolute Gasteiger partial charge is 0.257 e. The summed E-state index contributed by atoms with van der Waals surface area (Å²) < 4.78 is 5.35. The molecule has 0 aliphatic carbocycles. The lowest BCUT2D eigenvalue weighted by molar-refractivity contribution is 0.208. The molecule has 6 nitrogen and oxygen atoms in total. The molecule has 1 aromatic rings. The average Bonchev–Trinajstić information content (AvgIpc) is 2.40. The maximum atomic E-state index is 11.9. The van der Waals surface area contributed by atoms with Crippen LogP contribution in [0, 0.1) is 0 Å². The maximum Gasteiger partial charge on any atom is 0.257 e. The van der Waals surface area contributed by atoms with E-state index in [9.17, 15) is 4.79 Å². The highest BCUT2D eigenvalue weighted by Crippen LogP contribution is 2.18. The molecule has 0 amide bonds. The van der Waals surface area contributed by atoms with E-state index in [4.69, 9.17) is 10.5 Å². The van der Waals surface area contributed by atoms with Crippen LogP contribution >= 0.6 is 0 Å². The number of aromatic amines is 1. The van der Waals surface area contributed by atoms with Gasteiger partial charge >= 0.3 is 0 Å². The van der Waals surface area contributed by atoms with Gasteiger partial charge in [-0.05, 0) is 18.4 Å². The number of hydrogen-bond acceptors (Lipinski definition) is 5. The second-order valence-electron chi connectivity index (χ2n) is 5.09. The van der Waals surface area contributed by atoms with Crippen molar-refractivity contribution < 1.29 is 4.74 Å². The first-order chi connectivity index (χ1) is 9.22. The van der Waals surface area contributed by atoms with Crippen molar-refractivity contribution in [3.63, 3.8) is 0 Å². The highest BCUT2D eigenvalue weighted by molar-refractivity contribution is 5.27. The quantitative estimate of drug-likeness (QED) is 0.806. The fourth-order valence-corrected chi connectivity index (χ4v) is 2.66. The fourth-order valence-electron chi connectivity index (χ4n) is 2.66. The molecule has 0 aromatic carbocycles. The zero-order chi connectivity index (χ0) is 13.2. The second-order valence-corrected chi connectivity index (χ2v) is 5.09. The third-order valence-corrected chi connectivity index (χ3v) is 3.60. The number of ether oxygens (including phenoxy) is 1. The van der Waals surface area contributed by atoms with E-state index in [1.165, 1.54) is 5.57 Å². The van der Waals surface area contributed by atoms with Gasteiger partial charge in [0.1, 0.15) is 0 Å². The Morgan fingerprint density at radius 1 is 1.47 bits per heavy atom. The fraction of sp³-hybridized carbons (Fsp3) is 0.538. The first kappa shape index (κ1) is 12.2. The predicted molar refractivity (Wildman–Crippen MR) is 71.5 cm³/mol. The molecule has 1 aromatic heterocycles. The standard InChI is InChI=1S/C13H18N4O2/c14-13-15-11-3-4-17(7-10(11)12(18)16-13)6-9-2-1-5-19-8-9/h8H,1-7H2,(H3,14,15,16,18). The van der Waals surface area contributed by atoms with Crippen LogP contribution in [0.15, 0.2) is 16.6 Å². The lowest BCUT2D eigenvalue weighted by Crippen LogP contribution is -2.37. The first-order valence-corrected chi connectivity index (χ1v) is 6.62. The number of nitrogen functional groups attached to an aromatic ring is 1. The monoisotopic (exact) mass is 262 g/mol. The molecular formula is C13H18N4O2. The van der Waals surface area contributed by atoms with E-state index in [1.54, 1.807) is 0 Å². The van der Waals surface area contributed by atoms with Crippen molar-refractivity contribution in [2.45, 2.75) is 25.8 Å². The van der Waals surface area contributed by atoms with Crippen molar-refractivity contribution >= 4 is 5.95 Å². The van der Waals surface area contributed by atoms with Crippen LogP contribution in [0.3, 0.4) is 0 Å². The van der Waals surface area contributed by atoms with Crippen molar-refractivity contribution in [2.24, 2.45) is 0 Å². The molecule has 3 N–H and O–H groups in total. The van der Waals surface area contributed by atoms with Gasteiger partial charge in [-0.2, -0.15) is 0 Å². The Labute approximate surface area is 111 Å². The first-order valence-electron chi connectivity index (χ1n) is 6.62. The van der Waals surface area contributed by atoms with Crippen LogP contribution in [0.25, 0.3) is 0 Å². The van der Waals surface area contributed by atoms with Crippen LogP contribution in [0.1, 0.15) is 24.1 Å². The number of anilines is 1. The van der Waals surface area contributed by atoms with Crippen molar-refractivity contribution in [3.05, 3.63) is 33.4 Å². The molecule has 0 bridgehead atoms. The van der Waals surface area contributed by atoms with E-state index in [-0.39, 0.29) is 11.5 Å². The highest BCUT2D eigenvalue weighted by Gasteiger charge is 2.21. The van der Waals surface area contributed by atoms with Gasteiger partial charge in [-0.15, -0.1) is 0 Å².